The molecule has 1 aromatic rings. The van der Waals surface area contributed by atoms with Crippen LogP contribution in [0.4, 0.5) is 5.88 Å². The Morgan fingerprint density at radius 1 is 1.55 bits per heavy atom. The summed E-state index contributed by atoms with van der Waals surface area (Å²) in [5.74, 6) is 5.62. The third kappa shape index (κ3) is 1.71. The van der Waals surface area contributed by atoms with E-state index in [4.69, 9.17) is 10.4 Å². The molecule has 0 spiro atoms. The maximum atomic E-state index is 5.12. The summed E-state index contributed by atoms with van der Waals surface area (Å²) >= 11 is 0. The Hall–Kier alpha value is -1.03. The fraction of sp³-hybridized carbons (Fsp3) is 0.571. The molecule has 0 unspecified atom stereocenters. The standard InChI is InChI=1S/C7H13N3O/c1-7(2,3)5-4-6(9-8)11-10-5/h4,9H,8H2,1-3H3. The first-order valence-electron chi connectivity index (χ1n) is 3.48. The third-order valence-corrected chi connectivity index (χ3v) is 1.42. The first-order valence-corrected chi connectivity index (χ1v) is 3.48. The zero-order valence-corrected chi connectivity index (χ0v) is 7.01. The lowest BCUT2D eigenvalue weighted by Crippen LogP contribution is -2.11. The van der Waals surface area contributed by atoms with Crippen LogP contribution in [0.15, 0.2) is 10.6 Å². The average Bonchev–Trinajstić information content (AvgIpc) is 2.32. The fourth-order valence-corrected chi connectivity index (χ4v) is 0.697. The number of nitrogens with one attached hydrogen (secondary N) is 1. The van der Waals surface area contributed by atoms with Crippen LogP contribution < -0.4 is 11.3 Å². The molecule has 0 aliphatic rings. The summed E-state index contributed by atoms with van der Waals surface area (Å²) in [5, 5.41) is 3.84. The Kier molecular flexibility index (Phi) is 1.87. The molecular formula is C7H13N3O. The van der Waals surface area contributed by atoms with Gasteiger partial charge in [-0.3, -0.25) is 5.43 Å². The molecule has 1 aromatic heterocycles. The lowest BCUT2D eigenvalue weighted by atomic mass is 9.92. The van der Waals surface area contributed by atoms with Crippen molar-refractivity contribution in [2.75, 3.05) is 5.43 Å². The van der Waals surface area contributed by atoms with Gasteiger partial charge in [0.2, 0.25) is 5.88 Å². The van der Waals surface area contributed by atoms with Crippen LogP contribution in [0.1, 0.15) is 26.5 Å². The second kappa shape index (κ2) is 2.54. The Morgan fingerprint density at radius 2 is 2.18 bits per heavy atom. The minimum Gasteiger partial charge on any atom is -0.337 e. The smallest absolute Gasteiger partial charge is 0.238 e. The predicted octanol–water partition coefficient (Wildman–Crippen LogP) is 1.26. The number of nitrogen functional groups attached to an aromatic ring is 1. The Labute approximate surface area is 65.7 Å². The van der Waals surface area contributed by atoms with Gasteiger partial charge in [-0.05, 0) is 0 Å². The SMILES string of the molecule is CC(C)(C)c1cc(NN)on1. The second-order valence-corrected chi connectivity index (χ2v) is 3.47. The first kappa shape index (κ1) is 8.07. The Morgan fingerprint density at radius 3 is 2.45 bits per heavy atom. The molecule has 1 heterocycles. The van der Waals surface area contributed by atoms with Gasteiger partial charge in [-0.2, -0.15) is 0 Å². The Balaban J connectivity index is 2.89. The summed E-state index contributed by atoms with van der Waals surface area (Å²) in [6.07, 6.45) is 0. The minimum absolute atomic E-state index is 0.0125. The van der Waals surface area contributed by atoms with Crippen LogP contribution in [-0.4, -0.2) is 5.16 Å². The number of rotatable bonds is 1. The van der Waals surface area contributed by atoms with Crippen LogP contribution in [0, 0.1) is 0 Å². The molecule has 0 aromatic carbocycles. The monoisotopic (exact) mass is 155 g/mol. The summed E-state index contributed by atoms with van der Waals surface area (Å²) in [4.78, 5) is 0. The fourth-order valence-electron chi connectivity index (χ4n) is 0.697. The highest BCUT2D eigenvalue weighted by atomic mass is 16.5. The molecule has 0 aliphatic heterocycles. The number of hydrogen-bond acceptors (Lipinski definition) is 4. The van der Waals surface area contributed by atoms with E-state index >= 15 is 0 Å². The quantitative estimate of drug-likeness (QED) is 0.473. The maximum Gasteiger partial charge on any atom is 0.238 e. The van der Waals surface area contributed by atoms with E-state index in [-0.39, 0.29) is 5.41 Å². The molecule has 62 valence electrons. The van der Waals surface area contributed by atoms with Crippen LogP contribution in [0.3, 0.4) is 0 Å². The second-order valence-electron chi connectivity index (χ2n) is 3.47. The van der Waals surface area contributed by atoms with E-state index in [2.05, 4.69) is 31.4 Å². The van der Waals surface area contributed by atoms with Crippen LogP contribution in [0.25, 0.3) is 0 Å². The van der Waals surface area contributed by atoms with Crippen LogP contribution in [0.5, 0.6) is 0 Å². The number of nitrogens with zero attached hydrogens (tertiary/aromatic N) is 1. The molecule has 0 fully saturated rings. The number of hydrazine groups is 1. The van der Waals surface area contributed by atoms with Gasteiger partial charge < -0.3 is 4.52 Å². The zero-order chi connectivity index (χ0) is 8.48. The molecule has 4 heteroatoms. The molecule has 0 bridgehead atoms. The van der Waals surface area contributed by atoms with Crippen molar-refractivity contribution in [3.8, 4) is 0 Å². The molecule has 3 N–H and O–H groups in total. The molecule has 0 radical (unpaired) electrons. The molecule has 1 rings (SSSR count). The topological polar surface area (TPSA) is 64.1 Å². The molecule has 0 atom stereocenters. The number of anilines is 1. The van der Waals surface area contributed by atoms with Crippen molar-refractivity contribution in [3.05, 3.63) is 11.8 Å². The largest absolute Gasteiger partial charge is 0.337 e. The maximum absolute atomic E-state index is 5.12. The first-order chi connectivity index (χ1) is 5.04. The summed E-state index contributed by atoms with van der Waals surface area (Å²) in [6, 6.07) is 1.79. The number of aromatic nitrogens is 1. The van der Waals surface area contributed by atoms with Crippen molar-refractivity contribution < 1.29 is 4.52 Å². The molecule has 0 saturated carbocycles. The van der Waals surface area contributed by atoms with Crippen molar-refractivity contribution in [1.82, 2.24) is 5.16 Å². The van der Waals surface area contributed by atoms with Crippen molar-refractivity contribution in [2.24, 2.45) is 5.84 Å². The highest BCUT2D eigenvalue weighted by Crippen LogP contribution is 2.22. The van der Waals surface area contributed by atoms with Gasteiger partial charge in [0.1, 0.15) is 0 Å². The van der Waals surface area contributed by atoms with Crippen LogP contribution in [-0.2, 0) is 5.41 Å². The summed E-state index contributed by atoms with van der Waals surface area (Å²) in [5.41, 5.74) is 3.30. The van der Waals surface area contributed by atoms with Crippen molar-refractivity contribution >= 4 is 5.88 Å². The van der Waals surface area contributed by atoms with Gasteiger partial charge in [0.25, 0.3) is 0 Å². The molecule has 0 amide bonds. The number of nitrogens with two attached hydrogens (primary N) is 1. The van der Waals surface area contributed by atoms with Gasteiger partial charge >= 0.3 is 0 Å². The third-order valence-electron chi connectivity index (χ3n) is 1.42. The summed E-state index contributed by atoms with van der Waals surface area (Å²) in [7, 11) is 0. The van der Waals surface area contributed by atoms with Crippen molar-refractivity contribution in [2.45, 2.75) is 26.2 Å². The molecule has 0 aliphatic carbocycles. The van der Waals surface area contributed by atoms with E-state index in [9.17, 15) is 0 Å². The lowest BCUT2D eigenvalue weighted by molar-refractivity contribution is 0.403. The van der Waals surface area contributed by atoms with Gasteiger partial charge in [-0.15, -0.1) is 0 Å². The highest BCUT2D eigenvalue weighted by molar-refractivity contribution is 5.31. The zero-order valence-electron chi connectivity index (χ0n) is 7.01. The number of hydrogen-bond donors (Lipinski definition) is 2. The molecule has 4 nitrogen and oxygen atoms in total. The van der Waals surface area contributed by atoms with Crippen LogP contribution >= 0.6 is 0 Å². The van der Waals surface area contributed by atoms with E-state index in [0.29, 0.717) is 5.88 Å². The lowest BCUT2D eigenvalue weighted by Gasteiger charge is -2.12. The molecule has 11 heavy (non-hydrogen) atoms. The van der Waals surface area contributed by atoms with E-state index in [1.807, 2.05) is 0 Å². The normalized spacial score (nSPS) is 11.6. The van der Waals surface area contributed by atoms with Gasteiger partial charge in [-0.1, -0.05) is 25.9 Å². The van der Waals surface area contributed by atoms with Gasteiger partial charge in [0, 0.05) is 11.5 Å². The van der Waals surface area contributed by atoms with E-state index in [0.717, 1.165) is 5.69 Å². The van der Waals surface area contributed by atoms with Gasteiger partial charge in [0.15, 0.2) is 0 Å². The highest BCUT2D eigenvalue weighted by Gasteiger charge is 2.18. The van der Waals surface area contributed by atoms with E-state index in [1.165, 1.54) is 0 Å². The average molecular weight is 155 g/mol. The van der Waals surface area contributed by atoms with Gasteiger partial charge in [0.05, 0.1) is 5.69 Å². The van der Waals surface area contributed by atoms with Crippen molar-refractivity contribution in [3.63, 3.8) is 0 Å². The Bertz CT molecular complexity index is 236. The van der Waals surface area contributed by atoms with Crippen molar-refractivity contribution in [1.29, 1.82) is 0 Å². The minimum atomic E-state index is 0.0125. The van der Waals surface area contributed by atoms with E-state index in [1.54, 1.807) is 6.07 Å². The summed E-state index contributed by atoms with van der Waals surface area (Å²) < 4.78 is 4.85. The summed E-state index contributed by atoms with van der Waals surface area (Å²) in [6.45, 7) is 6.18. The van der Waals surface area contributed by atoms with Gasteiger partial charge in [-0.25, -0.2) is 5.84 Å². The molecular weight excluding hydrogens is 142 g/mol. The predicted molar refractivity (Wildman–Crippen MR) is 43.0 cm³/mol. The molecule has 0 saturated heterocycles. The van der Waals surface area contributed by atoms with Crippen LogP contribution in [0.2, 0.25) is 0 Å². The van der Waals surface area contributed by atoms with E-state index < -0.39 is 0 Å².